The monoisotopic (exact) mass is 284 g/mol. The Morgan fingerprint density at radius 2 is 2.00 bits per heavy atom. The summed E-state index contributed by atoms with van der Waals surface area (Å²) < 4.78 is 0. The van der Waals surface area contributed by atoms with E-state index in [1.54, 1.807) is 0 Å². The third-order valence-electron chi connectivity index (χ3n) is 4.55. The summed E-state index contributed by atoms with van der Waals surface area (Å²) in [6.45, 7) is 4.48. The van der Waals surface area contributed by atoms with Gasteiger partial charge in [-0.3, -0.25) is 4.79 Å². The standard InChI is InChI=1S/C15H28N2O3/c1-3-4-5-12(13(18)19)17-14(20)15(10-16)8-6-11(2)7-9-15/h11-12H,3-10,16H2,1-2H3,(H,17,20)(H,18,19)/t11?,12-,15?/m0/s1. The summed E-state index contributed by atoms with van der Waals surface area (Å²) in [6.07, 6.45) is 5.68. The van der Waals surface area contributed by atoms with E-state index in [0.717, 1.165) is 38.5 Å². The number of carboxylic acid groups (broad SMARTS) is 1. The predicted octanol–water partition coefficient (Wildman–Crippen LogP) is 1.90. The summed E-state index contributed by atoms with van der Waals surface area (Å²) in [7, 11) is 0. The van der Waals surface area contributed by atoms with Gasteiger partial charge in [-0.05, 0) is 38.0 Å². The molecular weight excluding hydrogens is 256 g/mol. The molecule has 0 aromatic carbocycles. The van der Waals surface area contributed by atoms with Crippen LogP contribution in [0.4, 0.5) is 0 Å². The molecule has 1 rings (SSSR count). The number of rotatable bonds is 7. The number of hydrogen-bond donors (Lipinski definition) is 3. The molecule has 0 spiro atoms. The second-order valence-electron chi connectivity index (χ2n) is 6.17. The predicted molar refractivity (Wildman–Crippen MR) is 78.2 cm³/mol. The van der Waals surface area contributed by atoms with Crippen molar-refractivity contribution in [1.29, 1.82) is 0 Å². The number of nitrogens with two attached hydrogens (primary N) is 1. The molecule has 0 saturated heterocycles. The average Bonchev–Trinajstić information content (AvgIpc) is 2.44. The maximum Gasteiger partial charge on any atom is 0.326 e. The van der Waals surface area contributed by atoms with E-state index in [1.807, 2.05) is 6.92 Å². The SMILES string of the molecule is CCCC[C@H](NC(=O)C1(CN)CCC(C)CC1)C(=O)O. The molecule has 1 atom stereocenters. The molecule has 5 nitrogen and oxygen atoms in total. The Morgan fingerprint density at radius 1 is 1.40 bits per heavy atom. The van der Waals surface area contributed by atoms with E-state index in [2.05, 4.69) is 12.2 Å². The second kappa shape index (κ2) is 7.62. The van der Waals surface area contributed by atoms with Crippen molar-refractivity contribution >= 4 is 11.9 Å². The van der Waals surface area contributed by atoms with E-state index in [4.69, 9.17) is 5.73 Å². The second-order valence-corrected chi connectivity index (χ2v) is 6.17. The number of unbranched alkanes of at least 4 members (excludes halogenated alkanes) is 1. The van der Waals surface area contributed by atoms with Crippen LogP contribution in [-0.2, 0) is 9.59 Å². The third kappa shape index (κ3) is 4.20. The third-order valence-corrected chi connectivity index (χ3v) is 4.55. The van der Waals surface area contributed by atoms with Crippen molar-refractivity contribution in [2.24, 2.45) is 17.1 Å². The summed E-state index contributed by atoms with van der Waals surface area (Å²) in [5.41, 5.74) is 5.27. The van der Waals surface area contributed by atoms with Crippen molar-refractivity contribution in [2.75, 3.05) is 6.54 Å². The van der Waals surface area contributed by atoms with Gasteiger partial charge in [-0.25, -0.2) is 4.79 Å². The first-order valence-electron chi connectivity index (χ1n) is 7.69. The summed E-state index contributed by atoms with van der Waals surface area (Å²) in [4.78, 5) is 23.7. The number of carbonyl (C=O) groups is 2. The molecule has 1 saturated carbocycles. The highest BCUT2D eigenvalue weighted by Gasteiger charge is 2.41. The molecule has 5 heteroatoms. The molecular formula is C15H28N2O3. The smallest absolute Gasteiger partial charge is 0.326 e. The Balaban J connectivity index is 2.68. The molecule has 0 aromatic rings. The Labute approximate surface area is 121 Å². The van der Waals surface area contributed by atoms with Gasteiger partial charge in [0.1, 0.15) is 6.04 Å². The maximum absolute atomic E-state index is 12.5. The number of nitrogens with one attached hydrogen (secondary N) is 1. The largest absolute Gasteiger partial charge is 0.480 e. The van der Waals surface area contributed by atoms with E-state index < -0.39 is 17.4 Å². The van der Waals surface area contributed by atoms with Crippen LogP contribution in [0.2, 0.25) is 0 Å². The molecule has 0 heterocycles. The molecule has 1 aliphatic carbocycles. The van der Waals surface area contributed by atoms with Gasteiger partial charge < -0.3 is 16.2 Å². The number of hydrogen-bond acceptors (Lipinski definition) is 3. The zero-order valence-corrected chi connectivity index (χ0v) is 12.7. The van der Waals surface area contributed by atoms with Crippen LogP contribution in [0.15, 0.2) is 0 Å². The van der Waals surface area contributed by atoms with Crippen molar-refractivity contribution in [3.05, 3.63) is 0 Å². The van der Waals surface area contributed by atoms with E-state index in [9.17, 15) is 14.7 Å². The molecule has 1 fully saturated rings. The van der Waals surface area contributed by atoms with Crippen molar-refractivity contribution in [2.45, 2.75) is 64.8 Å². The van der Waals surface area contributed by atoms with Gasteiger partial charge in [0.25, 0.3) is 0 Å². The van der Waals surface area contributed by atoms with E-state index in [-0.39, 0.29) is 5.91 Å². The Bertz CT molecular complexity index is 336. The lowest BCUT2D eigenvalue weighted by Crippen LogP contribution is -2.52. The molecule has 20 heavy (non-hydrogen) atoms. The summed E-state index contributed by atoms with van der Waals surface area (Å²) in [5.74, 6) is -0.503. The normalized spacial score (nSPS) is 27.9. The minimum Gasteiger partial charge on any atom is -0.480 e. The lowest BCUT2D eigenvalue weighted by Gasteiger charge is -2.37. The van der Waals surface area contributed by atoms with Gasteiger partial charge in [0.05, 0.1) is 5.41 Å². The lowest BCUT2D eigenvalue weighted by molar-refractivity contribution is -0.144. The summed E-state index contributed by atoms with van der Waals surface area (Å²) in [6, 6.07) is -0.787. The van der Waals surface area contributed by atoms with Gasteiger partial charge in [-0.2, -0.15) is 0 Å². The van der Waals surface area contributed by atoms with Gasteiger partial charge in [0.2, 0.25) is 5.91 Å². The topological polar surface area (TPSA) is 92.4 Å². The van der Waals surface area contributed by atoms with Crippen molar-refractivity contribution < 1.29 is 14.7 Å². The van der Waals surface area contributed by atoms with Crippen LogP contribution in [0.1, 0.15) is 58.8 Å². The van der Waals surface area contributed by atoms with Crippen LogP contribution in [-0.4, -0.2) is 29.6 Å². The van der Waals surface area contributed by atoms with Gasteiger partial charge >= 0.3 is 5.97 Å². The van der Waals surface area contributed by atoms with Gasteiger partial charge in [0.15, 0.2) is 0 Å². The Hall–Kier alpha value is -1.10. The molecule has 1 aliphatic rings. The number of amides is 1. The quantitative estimate of drug-likeness (QED) is 0.665. The molecule has 1 amide bonds. The summed E-state index contributed by atoms with van der Waals surface area (Å²) in [5, 5.41) is 11.9. The molecule has 0 aromatic heterocycles. The van der Waals surface area contributed by atoms with E-state index >= 15 is 0 Å². The molecule has 0 radical (unpaired) electrons. The number of aliphatic carboxylic acids is 1. The first-order valence-corrected chi connectivity index (χ1v) is 7.69. The highest BCUT2D eigenvalue weighted by atomic mass is 16.4. The van der Waals surface area contributed by atoms with Crippen LogP contribution < -0.4 is 11.1 Å². The highest BCUT2D eigenvalue weighted by molar-refractivity contribution is 5.87. The van der Waals surface area contributed by atoms with Crippen molar-refractivity contribution in [3.63, 3.8) is 0 Å². The first kappa shape index (κ1) is 17.0. The molecule has 0 aliphatic heterocycles. The minimum absolute atomic E-state index is 0.171. The molecule has 0 unspecified atom stereocenters. The van der Waals surface area contributed by atoms with Crippen molar-refractivity contribution in [3.8, 4) is 0 Å². The number of carbonyl (C=O) groups excluding carboxylic acids is 1. The highest BCUT2D eigenvalue weighted by Crippen LogP contribution is 2.38. The van der Waals surface area contributed by atoms with E-state index in [0.29, 0.717) is 18.9 Å². The fourth-order valence-electron chi connectivity index (χ4n) is 2.82. The van der Waals surface area contributed by atoms with Gasteiger partial charge in [-0.1, -0.05) is 26.7 Å². The van der Waals surface area contributed by atoms with Gasteiger partial charge in [0, 0.05) is 6.54 Å². The Kier molecular flexibility index (Phi) is 6.46. The van der Waals surface area contributed by atoms with Crippen LogP contribution in [0.25, 0.3) is 0 Å². The minimum atomic E-state index is -0.955. The molecule has 116 valence electrons. The van der Waals surface area contributed by atoms with Crippen LogP contribution in [0.3, 0.4) is 0 Å². The Morgan fingerprint density at radius 3 is 2.45 bits per heavy atom. The van der Waals surface area contributed by atoms with Crippen LogP contribution in [0.5, 0.6) is 0 Å². The summed E-state index contributed by atoms with van der Waals surface area (Å²) >= 11 is 0. The fraction of sp³-hybridized carbons (Fsp3) is 0.867. The maximum atomic E-state index is 12.5. The van der Waals surface area contributed by atoms with Crippen LogP contribution in [0, 0.1) is 11.3 Å². The molecule has 0 bridgehead atoms. The number of carboxylic acids is 1. The lowest BCUT2D eigenvalue weighted by atomic mass is 9.70. The average molecular weight is 284 g/mol. The fourth-order valence-corrected chi connectivity index (χ4v) is 2.82. The van der Waals surface area contributed by atoms with Gasteiger partial charge in [-0.15, -0.1) is 0 Å². The van der Waals surface area contributed by atoms with Crippen LogP contribution >= 0.6 is 0 Å². The zero-order valence-electron chi connectivity index (χ0n) is 12.7. The zero-order chi connectivity index (χ0) is 15.2. The van der Waals surface area contributed by atoms with E-state index in [1.165, 1.54) is 0 Å². The first-order chi connectivity index (χ1) is 9.45. The van der Waals surface area contributed by atoms with Crippen molar-refractivity contribution in [1.82, 2.24) is 5.32 Å². The molecule has 4 N–H and O–H groups in total.